The molecule has 3 nitrogen and oxygen atoms in total. The Balaban J connectivity index is 1.73. The first-order chi connectivity index (χ1) is 8.78. The van der Waals surface area contributed by atoms with Crippen molar-refractivity contribution >= 4 is 5.78 Å². The highest BCUT2D eigenvalue weighted by molar-refractivity contribution is 5.79. The summed E-state index contributed by atoms with van der Waals surface area (Å²) >= 11 is 0. The van der Waals surface area contributed by atoms with Crippen LogP contribution < -0.4 is 4.74 Å². The first-order valence-corrected chi connectivity index (χ1v) is 6.65. The smallest absolute Gasteiger partial charge is 0.135 e. The van der Waals surface area contributed by atoms with Gasteiger partial charge in [0.1, 0.15) is 11.5 Å². The fraction of sp³-hybridized carbons (Fsp3) is 0.533. The molecule has 0 saturated carbocycles. The highest BCUT2D eigenvalue weighted by Crippen LogP contribution is 2.14. The largest absolute Gasteiger partial charge is 0.497 e. The number of hydrogen-bond donors (Lipinski definition) is 0. The van der Waals surface area contributed by atoms with Gasteiger partial charge in [0.25, 0.3) is 0 Å². The van der Waals surface area contributed by atoms with E-state index in [0.29, 0.717) is 5.78 Å². The van der Waals surface area contributed by atoms with E-state index >= 15 is 0 Å². The topological polar surface area (TPSA) is 29.5 Å². The van der Waals surface area contributed by atoms with Gasteiger partial charge in [-0.05, 0) is 37.1 Å². The van der Waals surface area contributed by atoms with Crippen LogP contribution in [0, 0.1) is 0 Å². The van der Waals surface area contributed by atoms with E-state index in [2.05, 4.69) is 17.0 Å². The molecule has 0 spiro atoms. The van der Waals surface area contributed by atoms with E-state index in [1.54, 1.807) is 7.11 Å². The van der Waals surface area contributed by atoms with Crippen molar-refractivity contribution < 1.29 is 9.53 Å². The van der Waals surface area contributed by atoms with E-state index in [1.807, 2.05) is 12.1 Å². The number of rotatable bonds is 5. The van der Waals surface area contributed by atoms with Crippen molar-refractivity contribution in [1.82, 2.24) is 4.90 Å². The van der Waals surface area contributed by atoms with E-state index in [0.717, 1.165) is 51.1 Å². The van der Waals surface area contributed by atoms with Gasteiger partial charge in [0.05, 0.1) is 7.11 Å². The third-order valence-electron chi connectivity index (χ3n) is 3.49. The van der Waals surface area contributed by atoms with Gasteiger partial charge >= 0.3 is 0 Å². The molecule has 1 heterocycles. The number of ketones is 1. The molecule has 0 unspecified atom stereocenters. The summed E-state index contributed by atoms with van der Waals surface area (Å²) in [6.45, 7) is 2.97. The molecule has 0 bridgehead atoms. The Bertz CT molecular complexity index is 393. The highest BCUT2D eigenvalue weighted by atomic mass is 16.5. The first-order valence-electron chi connectivity index (χ1n) is 6.65. The number of carbonyl (C=O) groups excluding carboxylic acids is 1. The standard InChI is InChI=1S/C15H21NO2/c1-18-15-6-2-4-13(12-15)5-3-9-16-10-7-14(17)8-11-16/h2,4,6,12H,3,5,7-11H2,1H3. The monoisotopic (exact) mass is 247 g/mol. The van der Waals surface area contributed by atoms with E-state index in [1.165, 1.54) is 5.56 Å². The van der Waals surface area contributed by atoms with E-state index in [9.17, 15) is 4.79 Å². The molecule has 18 heavy (non-hydrogen) atoms. The Labute approximate surface area is 109 Å². The Morgan fingerprint density at radius 2 is 2.06 bits per heavy atom. The van der Waals surface area contributed by atoms with Crippen LogP contribution in [-0.2, 0) is 11.2 Å². The van der Waals surface area contributed by atoms with E-state index in [4.69, 9.17) is 4.74 Å². The van der Waals surface area contributed by atoms with Gasteiger partial charge in [-0.1, -0.05) is 12.1 Å². The number of methoxy groups -OCH3 is 1. The molecule has 1 fully saturated rings. The first kappa shape index (κ1) is 13.1. The van der Waals surface area contributed by atoms with E-state index in [-0.39, 0.29) is 0 Å². The number of ether oxygens (including phenoxy) is 1. The Morgan fingerprint density at radius 3 is 2.78 bits per heavy atom. The summed E-state index contributed by atoms with van der Waals surface area (Å²) in [6, 6.07) is 8.25. The van der Waals surface area contributed by atoms with Crippen LogP contribution in [0.4, 0.5) is 0 Å². The molecule has 1 aromatic rings. The van der Waals surface area contributed by atoms with Crippen LogP contribution in [0.25, 0.3) is 0 Å². The zero-order valence-corrected chi connectivity index (χ0v) is 11.0. The van der Waals surface area contributed by atoms with Crippen molar-refractivity contribution in [3.8, 4) is 5.75 Å². The second-order valence-electron chi connectivity index (χ2n) is 4.84. The second-order valence-corrected chi connectivity index (χ2v) is 4.84. The minimum atomic E-state index is 0.416. The number of nitrogens with zero attached hydrogens (tertiary/aromatic N) is 1. The zero-order chi connectivity index (χ0) is 12.8. The molecular weight excluding hydrogens is 226 g/mol. The molecule has 1 aliphatic heterocycles. The molecule has 0 amide bonds. The van der Waals surface area contributed by atoms with E-state index < -0.39 is 0 Å². The lowest BCUT2D eigenvalue weighted by Crippen LogP contribution is -2.34. The summed E-state index contributed by atoms with van der Waals surface area (Å²) in [7, 11) is 1.70. The number of piperidine rings is 1. The van der Waals surface area contributed by atoms with Crippen molar-refractivity contribution in [2.45, 2.75) is 25.7 Å². The van der Waals surface area contributed by atoms with Gasteiger partial charge in [-0.25, -0.2) is 0 Å². The maximum Gasteiger partial charge on any atom is 0.135 e. The van der Waals surface area contributed by atoms with Gasteiger partial charge in [-0.2, -0.15) is 0 Å². The third-order valence-corrected chi connectivity index (χ3v) is 3.49. The minimum Gasteiger partial charge on any atom is -0.497 e. The Morgan fingerprint density at radius 1 is 1.28 bits per heavy atom. The molecule has 2 rings (SSSR count). The SMILES string of the molecule is COc1cccc(CCCN2CCC(=O)CC2)c1. The number of carbonyl (C=O) groups is 1. The van der Waals surface area contributed by atoms with Crippen LogP contribution in [0.5, 0.6) is 5.75 Å². The summed E-state index contributed by atoms with van der Waals surface area (Å²) in [4.78, 5) is 13.5. The molecule has 1 aromatic carbocycles. The molecule has 0 aromatic heterocycles. The third kappa shape index (κ3) is 3.84. The molecule has 0 N–H and O–H groups in total. The fourth-order valence-electron chi connectivity index (χ4n) is 2.36. The number of aryl methyl sites for hydroxylation is 1. The van der Waals surface area contributed by atoms with Gasteiger partial charge < -0.3 is 9.64 Å². The van der Waals surface area contributed by atoms with Crippen LogP contribution in [0.15, 0.2) is 24.3 Å². The van der Waals surface area contributed by atoms with Crippen molar-refractivity contribution in [3.05, 3.63) is 29.8 Å². The summed E-state index contributed by atoms with van der Waals surface area (Å²) < 4.78 is 5.22. The Hall–Kier alpha value is -1.35. The normalized spacial score (nSPS) is 16.8. The number of hydrogen-bond acceptors (Lipinski definition) is 3. The highest BCUT2D eigenvalue weighted by Gasteiger charge is 2.15. The maximum absolute atomic E-state index is 11.1. The average molecular weight is 247 g/mol. The van der Waals surface area contributed by atoms with Gasteiger partial charge in [0.2, 0.25) is 0 Å². The van der Waals surface area contributed by atoms with Crippen molar-refractivity contribution in [1.29, 1.82) is 0 Å². The van der Waals surface area contributed by atoms with Crippen LogP contribution in [0.2, 0.25) is 0 Å². The van der Waals surface area contributed by atoms with Gasteiger partial charge in [-0.15, -0.1) is 0 Å². The van der Waals surface area contributed by atoms with Crippen molar-refractivity contribution in [2.75, 3.05) is 26.7 Å². The maximum atomic E-state index is 11.1. The molecular formula is C15H21NO2. The lowest BCUT2D eigenvalue weighted by atomic mass is 10.1. The molecule has 1 aliphatic rings. The molecule has 0 atom stereocenters. The molecule has 0 aliphatic carbocycles. The minimum absolute atomic E-state index is 0.416. The molecule has 3 heteroatoms. The number of Topliss-reactive ketones (excluding diaryl/α,β-unsaturated/α-hetero) is 1. The van der Waals surface area contributed by atoms with Crippen molar-refractivity contribution in [2.24, 2.45) is 0 Å². The summed E-state index contributed by atoms with van der Waals surface area (Å²) in [5, 5.41) is 0. The lowest BCUT2D eigenvalue weighted by Gasteiger charge is -2.25. The molecule has 0 radical (unpaired) electrons. The fourth-order valence-corrected chi connectivity index (χ4v) is 2.36. The number of likely N-dealkylation sites (tertiary alicyclic amines) is 1. The van der Waals surface area contributed by atoms with Gasteiger partial charge in [-0.3, -0.25) is 4.79 Å². The molecule has 1 saturated heterocycles. The van der Waals surface area contributed by atoms with Crippen LogP contribution >= 0.6 is 0 Å². The van der Waals surface area contributed by atoms with Crippen LogP contribution in [0.3, 0.4) is 0 Å². The zero-order valence-electron chi connectivity index (χ0n) is 11.0. The predicted molar refractivity (Wildman–Crippen MR) is 72.0 cm³/mol. The second kappa shape index (κ2) is 6.55. The predicted octanol–water partition coefficient (Wildman–Crippen LogP) is 2.29. The summed E-state index contributed by atoms with van der Waals surface area (Å²) in [5.74, 6) is 1.34. The van der Waals surface area contributed by atoms with Crippen LogP contribution in [0.1, 0.15) is 24.8 Å². The molecule has 98 valence electrons. The van der Waals surface area contributed by atoms with Gasteiger partial charge in [0, 0.05) is 25.9 Å². The van der Waals surface area contributed by atoms with Crippen molar-refractivity contribution in [3.63, 3.8) is 0 Å². The lowest BCUT2D eigenvalue weighted by molar-refractivity contribution is -0.121. The number of benzene rings is 1. The quantitative estimate of drug-likeness (QED) is 0.799. The average Bonchev–Trinajstić information content (AvgIpc) is 2.41. The van der Waals surface area contributed by atoms with Crippen LogP contribution in [-0.4, -0.2) is 37.4 Å². The van der Waals surface area contributed by atoms with Gasteiger partial charge in [0.15, 0.2) is 0 Å². The Kier molecular flexibility index (Phi) is 4.76. The summed E-state index contributed by atoms with van der Waals surface area (Å²) in [5.41, 5.74) is 1.32. The summed E-state index contributed by atoms with van der Waals surface area (Å²) in [6.07, 6.45) is 3.68.